The van der Waals surface area contributed by atoms with Crippen LogP contribution in [0.4, 0.5) is 17.1 Å². The first kappa shape index (κ1) is 29.9. The normalized spacial score (nSPS) is 11.5. The topological polar surface area (TPSA) is 3.24 Å². The lowest BCUT2D eigenvalue weighted by molar-refractivity contribution is 1.28. The van der Waals surface area contributed by atoms with Gasteiger partial charge >= 0.3 is 0 Å². The molecule has 2 aromatic heterocycles. The molecule has 0 saturated carbocycles. The Balaban J connectivity index is 1.02. The van der Waals surface area contributed by atoms with Gasteiger partial charge in [0.1, 0.15) is 0 Å². The van der Waals surface area contributed by atoms with E-state index in [1.165, 1.54) is 73.7 Å². The van der Waals surface area contributed by atoms with Crippen molar-refractivity contribution in [3.63, 3.8) is 0 Å². The molecule has 0 saturated heterocycles. The molecule has 0 bridgehead atoms. The molecule has 0 atom stereocenters. The molecule has 0 spiro atoms. The van der Waals surface area contributed by atoms with Crippen LogP contribution in [-0.2, 0) is 0 Å². The Hall–Kier alpha value is -6.00. The lowest BCUT2D eigenvalue weighted by Gasteiger charge is -2.26. The summed E-state index contributed by atoms with van der Waals surface area (Å²) >= 11 is 3.71. The Bertz CT molecular complexity index is 2810. The molecule has 51 heavy (non-hydrogen) atoms. The van der Waals surface area contributed by atoms with E-state index in [2.05, 4.69) is 193 Å². The van der Waals surface area contributed by atoms with Crippen LogP contribution in [-0.4, -0.2) is 0 Å². The van der Waals surface area contributed by atoms with Crippen LogP contribution in [0.2, 0.25) is 0 Å². The van der Waals surface area contributed by atoms with Crippen molar-refractivity contribution in [3.8, 4) is 32.7 Å². The number of benzene rings is 8. The second-order valence-corrected chi connectivity index (χ2v) is 15.2. The minimum absolute atomic E-state index is 1.12. The van der Waals surface area contributed by atoms with E-state index in [0.29, 0.717) is 0 Å². The summed E-state index contributed by atoms with van der Waals surface area (Å²) in [5.74, 6) is 0. The molecule has 10 aromatic rings. The maximum Gasteiger partial charge on any atom is 0.0462 e. The van der Waals surface area contributed by atoms with E-state index >= 15 is 0 Å². The van der Waals surface area contributed by atoms with Gasteiger partial charge in [0.25, 0.3) is 0 Å². The van der Waals surface area contributed by atoms with Gasteiger partial charge in [-0.2, -0.15) is 0 Å². The van der Waals surface area contributed by atoms with Crippen molar-refractivity contribution in [2.75, 3.05) is 4.90 Å². The summed E-state index contributed by atoms with van der Waals surface area (Å²) in [6, 6.07) is 68.7. The van der Waals surface area contributed by atoms with Crippen molar-refractivity contribution >= 4 is 80.8 Å². The highest BCUT2D eigenvalue weighted by molar-refractivity contribution is 7.25. The van der Waals surface area contributed by atoms with Gasteiger partial charge in [0.05, 0.1) is 0 Å². The van der Waals surface area contributed by atoms with Gasteiger partial charge in [-0.15, -0.1) is 22.7 Å². The van der Waals surface area contributed by atoms with Crippen LogP contribution < -0.4 is 4.90 Å². The quantitative estimate of drug-likeness (QED) is 0.168. The summed E-state index contributed by atoms with van der Waals surface area (Å²) in [4.78, 5) is 3.65. The Morgan fingerprint density at radius 3 is 1.49 bits per heavy atom. The predicted molar refractivity (Wildman–Crippen MR) is 223 cm³/mol. The van der Waals surface area contributed by atoms with Crippen LogP contribution in [0.1, 0.15) is 0 Å². The zero-order valence-electron chi connectivity index (χ0n) is 27.7. The summed E-state index contributed by atoms with van der Waals surface area (Å²) in [6.07, 6.45) is 0. The average molecular weight is 686 g/mol. The Morgan fingerprint density at radius 1 is 0.294 bits per heavy atom. The highest BCUT2D eigenvalue weighted by Crippen LogP contribution is 2.41. The second-order valence-electron chi connectivity index (χ2n) is 13.0. The van der Waals surface area contributed by atoms with Gasteiger partial charge in [0.2, 0.25) is 0 Å². The highest BCUT2D eigenvalue weighted by Gasteiger charge is 2.15. The largest absolute Gasteiger partial charge is 0.311 e. The lowest BCUT2D eigenvalue weighted by Crippen LogP contribution is -2.09. The van der Waals surface area contributed by atoms with Gasteiger partial charge in [-0.05, 0) is 117 Å². The third kappa shape index (κ3) is 5.48. The number of rotatable bonds is 6. The molecular formula is C48H31NS2. The number of fused-ring (bicyclic) bond motifs is 5. The van der Waals surface area contributed by atoms with E-state index in [4.69, 9.17) is 0 Å². The molecule has 0 fully saturated rings. The van der Waals surface area contributed by atoms with Gasteiger partial charge in [-0.3, -0.25) is 0 Å². The van der Waals surface area contributed by atoms with E-state index in [9.17, 15) is 0 Å². The maximum absolute atomic E-state index is 2.36. The predicted octanol–water partition coefficient (Wildman–Crippen LogP) is 14.9. The summed E-state index contributed by atoms with van der Waals surface area (Å²) in [7, 11) is 0. The maximum atomic E-state index is 2.36. The first-order chi connectivity index (χ1) is 25.2. The molecule has 3 heteroatoms. The number of nitrogens with zero attached hydrogens (tertiary/aromatic N) is 1. The molecule has 2 heterocycles. The van der Waals surface area contributed by atoms with E-state index in [1.807, 2.05) is 22.7 Å². The van der Waals surface area contributed by atoms with E-state index in [0.717, 1.165) is 17.1 Å². The van der Waals surface area contributed by atoms with Gasteiger partial charge in [0, 0.05) is 46.8 Å². The van der Waals surface area contributed by atoms with Crippen LogP contribution in [0.15, 0.2) is 188 Å². The number of anilines is 3. The fourth-order valence-corrected chi connectivity index (χ4v) is 9.38. The van der Waals surface area contributed by atoms with Gasteiger partial charge in [-0.25, -0.2) is 0 Å². The molecule has 0 radical (unpaired) electrons. The molecule has 0 aliphatic carbocycles. The summed E-state index contributed by atoms with van der Waals surface area (Å²) in [5, 5.41) is 6.46. The summed E-state index contributed by atoms with van der Waals surface area (Å²) in [6.45, 7) is 0. The van der Waals surface area contributed by atoms with Gasteiger partial charge < -0.3 is 4.90 Å². The van der Waals surface area contributed by atoms with E-state index in [1.54, 1.807) is 0 Å². The monoisotopic (exact) mass is 685 g/mol. The van der Waals surface area contributed by atoms with Gasteiger partial charge in [0.15, 0.2) is 0 Å². The third-order valence-electron chi connectivity index (χ3n) is 9.88. The Kier molecular flexibility index (Phi) is 7.26. The molecule has 10 rings (SSSR count). The molecule has 0 aliphatic heterocycles. The van der Waals surface area contributed by atoms with Crippen LogP contribution in [0.5, 0.6) is 0 Å². The van der Waals surface area contributed by atoms with Crippen LogP contribution in [0.3, 0.4) is 0 Å². The van der Waals surface area contributed by atoms with Crippen molar-refractivity contribution in [1.82, 2.24) is 0 Å². The first-order valence-electron chi connectivity index (χ1n) is 17.2. The average Bonchev–Trinajstić information content (AvgIpc) is 3.80. The standard InChI is InChI=1S/C48H31NS2/c1-2-8-36-29-37(14-13-32(36)7-1)33-15-22-40(23-16-33)49(42-26-19-35(20-27-42)48-31-39-9-3-5-11-45(39)50-48)41-24-17-34(18-25-41)38-21-28-47-44(30-38)43-10-4-6-12-46(43)51-47/h1-31H. The number of hydrogen-bond acceptors (Lipinski definition) is 3. The molecule has 240 valence electrons. The third-order valence-corrected chi connectivity index (χ3v) is 12.2. The lowest BCUT2D eigenvalue weighted by atomic mass is 10.0. The molecule has 0 unspecified atom stereocenters. The fraction of sp³-hybridized carbons (Fsp3) is 0. The highest BCUT2D eigenvalue weighted by atomic mass is 32.1. The minimum atomic E-state index is 1.12. The minimum Gasteiger partial charge on any atom is -0.311 e. The van der Waals surface area contributed by atoms with Crippen molar-refractivity contribution in [2.24, 2.45) is 0 Å². The second kappa shape index (κ2) is 12.4. The van der Waals surface area contributed by atoms with Crippen molar-refractivity contribution in [3.05, 3.63) is 188 Å². The fourth-order valence-electron chi connectivity index (χ4n) is 7.23. The zero-order chi connectivity index (χ0) is 33.7. The molecule has 0 amide bonds. The van der Waals surface area contributed by atoms with Crippen LogP contribution in [0.25, 0.3) is 73.7 Å². The zero-order valence-corrected chi connectivity index (χ0v) is 29.3. The first-order valence-corrected chi connectivity index (χ1v) is 18.9. The van der Waals surface area contributed by atoms with E-state index in [-0.39, 0.29) is 0 Å². The summed E-state index contributed by atoms with van der Waals surface area (Å²) < 4.78 is 3.98. The SMILES string of the molecule is c1ccc2cc(-c3ccc(N(c4ccc(-c5ccc6sc7ccccc7c6c5)cc4)c4ccc(-c5cc6ccccc6s5)cc4)cc3)ccc2c1. The van der Waals surface area contributed by atoms with Crippen molar-refractivity contribution < 1.29 is 0 Å². The molecular weight excluding hydrogens is 655 g/mol. The Labute approximate surface area is 304 Å². The van der Waals surface area contributed by atoms with Crippen molar-refractivity contribution in [2.45, 2.75) is 0 Å². The van der Waals surface area contributed by atoms with Crippen molar-refractivity contribution in [1.29, 1.82) is 0 Å². The van der Waals surface area contributed by atoms with Crippen LogP contribution >= 0.6 is 22.7 Å². The number of hydrogen-bond donors (Lipinski definition) is 0. The molecule has 0 N–H and O–H groups in total. The number of thiophene rings is 2. The molecule has 8 aromatic carbocycles. The molecule has 0 aliphatic rings. The summed E-state index contributed by atoms with van der Waals surface area (Å²) in [5.41, 5.74) is 9.46. The van der Waals surface area contributed by atoms with Gasteiger partial charge in [-0.1, -0.05) is 115 Å². The smallest absolute Gasteiger partial charge is 0.0462 e. The Morgan fingerprint density at radius 2 is 0.804 bits per heavy atom. The van der Waals surface area contributed by atoms with Crippen LogP contribution in [0, 0.1) is 0 Å². The van der Waals surface area contributed by atoms with E-state index < -0.39 is 0 Å². The molecule has 1 nitrogen and oxygen atoms in total.